The third kappa shape index (κ3) is 4.04. The van der Waals surface area contributed by atoms with E-state index in [0.29, 0.717) is 13.1 Å². The minimum absolute atomic E-state index is 0.228. The van der Waals surface area contributed by atoms with Crippen molar-refractivity contribution in [2.75, 3.05) is 26.2 Å². The van der Waals surface area contributed by atoms with Gasteiger partial charge in [-0.2, -0.15) is 0 Å². The number of likely N-dealkylation sites (tertiary alicyclic amines) is 1. The summed E-state index contributed by atoms with van der Waals surface area (Å²) in [5.74, 6) is 1.06. The number of nitrogens with one attached hydrogen (secondary N) is 1. The van der Waals surface area contributed by atoms with Gasteiger partial charge in [-0.1, -0.05) is 19.4 Å². The predicted octanol–water partition coefficient (Wildman–Crippen LogP) is 1.41. The van der Waals surface area contributed by atoms with Gasteiger partial charge in [-0.25, -0.2) is 0 Å². The lowest BCUT2D eigenvalue weighted by Crippen LogP contribution is -2.42. The molecule has 0 aromatic rings. The molecule has 3 nitrogen and oxygen atoms in total. The van der Waals surface area contributed by atoms with Gasteiger partial charge in [0.25, 0.3) is 0 Å². The van der Waals surface area contributed by atoms with Gasteiger partial charge < -0.3 is 10.2 Å². The summed E-state index contributed by atoms with van der Waals surface area (Å²) in [5.41, 5.74) is 0. The molecule has 0 aromatic heterocycles. The molecule has 1 fully saturated rings. The summed E-state index contributed by atoms with van der Waals surface area (Å²) in [6, 6.07) is 0. The van der Waals surface area contributed by atoms with Crippen molar-refractivity contribution in [3.8, 4) is 0 Å². The molecular weight excluding hydrogens is 188 g/mol. The molecule has 0 radical (unpaired) electrons. The highest BCUT2D eigenvalue weighted by Crippen LogP contribution is 2.19. The number of piperidine rings is 1. The van der Waals surface area contributed by atoms with Crippen LogP contribution < -0.4 is 5.32 Å². The lowest BCUT2D eigenvalue weighted by molar-refractivity contribution is -0.131. The zero-order valence-electron chi connectivity index (χ0n) is 9.67. The van der Waals surface area contributed by atoms with E-state index in [4.69, 9.17) is 0 Å². The van der Waals surface area contributed by atoms with Crippen LogP contribution in [-0.4, -0.2) is 37.0 Å². The highest BCUT2D eigenvalue weighted by Gasteiger charge is 2.20. The molecule has 0 aromatic carbocycles. The molecule has 1 heterocycles. The van der Waals surface area contributed by atoms with E-state index in [1.807, 2.05) is 4.90 Å². The quantitative estimate of drug-likeness (QED) is 0.549. The SMILES string of the molecule is C=CCNCC(=O)N1CCC(CC)CC1. The highest BCUT2D eigenvalue weighted by molar-refractivity contribution is 5.78. The number of hydrogen-bond acceptors (Lipinski definition) is 2. The molecule has 1 saturated heterocycles. The van der Waals surface area contributed by atoms with E-state index in [2.05, 4.69) is 18.8 Å². The van der Waals surface area contributed by atoms with E-state index in [0.717, 1.165) is 19.0 Å². The van der Waals surface area contributed by atoms with Crippen molar-refractivity contribution in [2.24, 2.45) is 5.92 Å². The number of amides is 1. The van der Waals surface area contributed by atoms with Gasteiger partial charge in [0.1, 0.15) is 0 Å². The van der Waals surface area contributed by atoms with Crippen LogP contribution in [0, 0.1) is 5.92 Å². The van der Waals surface area contributed by atoms with Crippen molar-refractivity contribution in [3.05, 3.63) is 12.7 Å². The van der Waals surface area contributed by atoms with Crippen LogP contribution >= 0.6 is 0 Å². The molecule has 1 rings (SSSR count). The van der Waals surface area contributed by atoms with Crippen LogP contribution in [0.3, 0.4) is 0 Å². The summed E-state index contributed by atoms with van der Waals surface area (Å²) >= 11 is 0. The van der Waals surface area contributed by atoms with Gasteiger partial charge >= 0.3 is 0 Å². The average molecular weight is 210 g/mol. The first-order valence-electron chi connectivity index (χ1n) is 5.87. The molecule has 1 aliphatic heterocycles. The lowest BCUT2D eigenvalue weighted by Gasteiger charge is -2.31. The molecule has 0 aliphatic carbocycles. The van der Waals surface area contributed by atoms with Crippen molar-refractivity contribution < 1.29 is 4.79 Å². The van der Waals surface area contributed by atoms with Crippen LogP contribution in [0.15, 0.2) is 12.7 Å². The number of rotatable bonds is 5. The van der Waals surface area contributed by atoms with E-state index in [9.17, 15) is 4.79 Å². The summed E-state index contributed by atoms with van der Waals surface area (Å²) in [5, 5.41) is 3.05. The van der Waals surface area contributed by atoms with Gasteiger partial charge in [-0.3, -0.25) is 4.79 Å². The molecule has 0 unspecified atom stereocenters. The third-order valence-corrected chi connectivity index (χ3v) is 3.11. The van der Waals surface area contributed by atoms with Crippen molar-refractivity contribution in [1.82, 2.24) is 10.2 Å². The van der Waals surface area contributed by atoms with Crippen LogP contribution in [0.5, 0.6) is 0 Å². The van der Waals surface area contributed by atoms with Crippen LogP contribution in [0.25, 0.3) is 0 Å². The fraction of sp³-hybridized carbons (Fsp3) is 0.750. The minimum atomic E-state index is 0.228. The third-order valence-electron chi connectivity index (χ3n) is 3.11. The Kier molecular flexibility index (Phi) is 5.40. The average Bonchev–Trinajstić information content (AvgIpc) is 2.29. The minimum Gasteiger partial charge on any atom is -0.342 e. The summed E-state index contributed by atoms with van der Waals surface area (Å²) < 4.78 is 0. The molecular formula is C12H22N2O. The van der Waals surface area contributed by atoms with E-state index in [1.165, 1.54) is 19.3 Å². The number of carbonyl (C=O) groups is 1. The van der Waals surface area contributed by atoms with Gasteiger partial charge in [0, 0.05) is 19.6 Å². The largest absolute Gasteiger partial charge is 0.342 e. The molecule has 0 bridgehead atoms. The van der Waals surface area contributed by atoms with Gasteiger partial charge in [-0.05, 0) is 18.8 Å². The number of hydrogen-bond donors (Lipinski definition) is 1. The molecule has 1 N–H and O–H groups in total. The van der Waals surface area contributed by atoms with E-state index in [-0.39, 0.29) is 5.91 Å². The Bertz CT molecular complexity index is 208. The lowest BCUT2D eigenvalue weighted by atomic mass is 9.94. The van der Waals surface area contributed by atoms with E-state index >= 15 is 0 Å². The van der Waals surface area contributed by atoms with Crippen LogP contribution in [0.1, 0.15) is 26.2 Å². The van der Waals surface area contributed by atoms with Gasteiger partial charge in [0.15, 0.2) is 0 Å². The van der Waals surface area contributed by atoms with Gasteiger partial charge in [0.05, 0.1) is 6.54 Å². The standard InChI is InChI=1S/C12H22N2O/c1-3-7-13-10-12(15)14-8-5-11(4-2)6-9-14/h3,11,13H,1,4-10H2,2H3. The van der Waals surface area contributed by atoms with E-state index < -0.39 is 0 Å². The zero-order valence-corrected chi connectivity index (χ0v) is 9.67. The second-order valence-corrected chi connectivity index (χ2v) is 4.15. The fourth-order valence-electron chi connectivity index (χ4n) is 1.98. The number of carbonyl (C=O) groups excluding carboxylic acids is 1. The Morgan fingerprint density at radius 1 is 1.53 bits per heavy atom. The molecule has 3 heteroatoms. The maximum absolute atomic E-state index is 11.7. The molecule has 0 saturated carbocycles. The van der Waals surface area contributed by atoms with Gasteiger partial charge in [0.2, 0.25) is 5.91 Å². The Hall–Kier alpha value is -0.830. The Balaban J connectivity index is 2.20. The summed E-state index contributed by atoms with van der Waals surface area (Å²) in [4.78, 5) is 13.7. The first kappa shape index (κ1) is 12.2. The summed E-state index contributed by atoms with van der Waals surface area (Å²) in [7, 11) is 0. The zero-order chi connectivity index (χ0) is 11.1. The normalized spacial score (nSPS) is 17.8. The first-order chi connectivity index (χ1) is 7.27. The van der Waals surface area contributed by atoms with Crippen molar-refractivity contribution in [3.63, 3.8) is 0 Å². The second kappa shape index (κ2) is 6.62. The molecule has 86 valence electrons. The molecule has 15 heavy (non-hydrogen) atoms. The molecule has 0 atom stereocenters. The smallest absolute Gasteiger partial charge is 0.236 e. The van der Waals surface area contributed by atoms with Crippen molar-refractivity contribution in [2.45, 2.75) is 26.2 Å². The summed E-state index contributed by atoms with van der Waals surface area (Å²) in [6.45, 7) is 8.86. The van der Waals surface area contributed by atoms with Crippen LogP contribution in [-0.2, 0) is 4.79 Å². The van der Waals surface area contributed by atoms with Crippen LogP contribution in [0.2, 0.25) is 0 Å². The molecule has 1 amide bonds. The Morgan fingerprint density at radius 2 is 2.20 bits per heavy atom. The second-order valence-electron chi connectivity index (χ2n) is 4.15. The molecule has 1 aliphatic rings. The maximum atomic E-state index is 11.7. The van der Waals surface area contributed by atoms with E-state index in [1.54, 1.807) is 6.08 Å². The fourth-order valence-corrected chi connectivity index (χ4v) is 1.98. The van der Waals surface area contributed by atoms with Crippen molar-refractivity contribution in [1.29, 1.82) is 0 Å². The predicted molar refractivity (Wildman–Crippen MR) is 62.7 cm³/mol. The maximum Gasteiger partial charge on any atom is 0.236 e. The monoisotopic (exact) mass is 210 g/mol. The Labute approximate surface area is 92.5 Å². The summed E-state index contributed by atoms with van der Waals surface area (Å²) in [6.07, 6.45) is 5.36. The van der Waals surface area contributed by atoms with Gasteiger partial charge in [-0.15, -0.1) is 6.58 Å². The number of nitrogens with zero attached hydrogens (tertiary/aromatic N) is 1. The van der Waals surface area contributed by atoms with Crippen LogP contribution in [0.4, 0.5) is 0 Å². The van der Waals surface area contributed by atoms with Crippen molar-refractivity contribution >= 4 is 5.91 Å². The molecule has 0 spiro atoms. The Morgan fingerprint density at radius 3 is 2.73 bits per heavy atom. The topological polar surface area (TPSA) is 32.3 Å². The first-order valence-corrected chi connectivity index (χ1v) is 5.87. The highest BCUT2D eigenvalue weighted by atomic mass is 16.2.